The van der Waals surface area contributed by atoms with E-state index < -0.39 is 15.3 Å². The van der Waals surface area contributed by atoms with E-state index in [4.69, 9.17) is 16.7 Å². The van der Waals surface area contributed by atoms with E-state index in [1.165, 1.54) is 47.4 Å². The largest absolute Gasteiger partial charge is 0.330 e. The molecule has 12 heteroatoms. The van der Waals surface area contributed by atoms with Gasteiger partial charge in [0.15, 0.2) is 4.34 Å². The van der Waals surface area contributed by atoms with Gasteiger partial charge in [0, 0.05) is 16.4 Å². The molecule has 1 unspecified atom stereocenters. The molecular formula is C18H18ClN5O3S3. The zero-order valence-electron chi connectivity index (χ0n) is 15.9. The number of carbonyl (C=O) groups excluding carboxylic acids is 1. The maximum Gasteiger partial charge on any atom is 0.238 e. The number of primary sulfonamides is 1. The lowest BCUT2D eigenvalue weighted by Gasteiger charge is -2.10. The van der Waals surface area contributed by atoms with E-state index in [2.05, 4.69) is 20.8 Å². The van der Waals surface area contributed by atoms with Crippen molar-refractivity contribution < 1.29 is 13.2 Å². The molecule has 0 saturated carbocycles. The summed E-state index contributed by atoms with van der Waals surface area (Å²) in [4.78, 5) is 12.4. The van der Waals surface area contributed by atoms with Crippen LogP contribution in [-0.4, -0.2) is 29.8 Å². The number of anilines is 3. The lowest BCUT2D eigenvalue weighted by Crippen LogP contribution is -2.22. The summed E-state index contributed by atoms with van der Waals surface area (Å²) in [7, 11) is -3.77. The fraction of sp³-hybridized carbons (Fsp3) is 0.167. The topological polar surface area (TPSA) is 127 Å². The molecule has 1 amide bonds. The van der Waals surface area contributed by atoms with Gasteiger partial charge in [-0.2, -0.15) is 0 Å². The molecule has 0 radical (unpaired) electrons. The van der Waals surface area contributed by atoms with Crippen LogP contribution in [0.15, 0.2) is 51.7 Å². The molecule has 8 nitrogen and oxygen atoms in total. The van der Waals surface area contributed by atoms with Crippen molar-refractivity contribution in [2.24, 2.45) is 5.14 Å². The molecule has 1 heterocycles. The standard InChI is InChI=1S/C18H18ClN5O3S3/c1-10-14(19)4-3-5-15(10)22-17-23-24-18(29-17)28-11(2)16(25)21-12-6-8-13(9-7-12)30(20,26)27/h3-9,11H,1-2H3,(H,21,25)(H,22,23)(H2,20,26,27). The smallest absolute Gasteiger partial charge is 0.238 e. The third-order valence-corrected chi connectivity index (χ3v) is 7.37. The first-order chi connectivity index (χ1) is 14.1. The summed E-state index contributed by atoms with van der Waals surface area (Å²) in [5, 5.41) is 20.0. The summed E-state index contributed by atoms with van der Waals surface area (Å²) in [6.45, 7) is 3.65. The first kappa shape index (κ1) is 22.5. The minimum absolute atomic E-state index is 0.0215. The highest BCUT2D eigenvalue weighted by Crippen LogP contribution is 2.32. The van der Waals surface area contributed by atoms with Gasteiger partial charge in [0.2, 0.25) is 21.1 Å². The maximum atomic E-state index is 12.4. The Hall–Kier alpha value is -2.18. The Bertz CT molecular complexity index is 1170. The third-order valence-electron chi connectivity index (χ3n) is 4.01. The number of nitrogens with two attached hydrogens (primary N) is 1. The summed E-state index contributed by atoms with van der Waals surface area (Å²) in [5.74, 6) is -0.251. The molecule has 0 aliphatic carbocycles. The third kappa shape index (κ3) is 5.70. The highest BCUT2D eigenvalue weighted by Gasteiger charge is 2.18. The first-order valence-corrected chi connectivity index (χ1v) is 12.2. The van der Waals surface area contributed by atoms with Crippen LogP contribution < -0.4 is 15.8 Å². The SMILES string of the molecule is Cc1c(Cl)cccc1Nc1nnc(SC(C)C(=O)Nc2ccc(S(N)(=O)=O)cc2)s1. The first-order valence-electron chi connectivity index (χ1n) is 8.59. The van der Waals surface area contributed by atoms with Crippen LogP contribution >= 0.6 is 34.7 Å². The number of amides is 1. The Morgan fingerprint density at radius 1 is 1.20 bits per heavy atom. The van der Waals surface area contributed by atoms with Crippen LogP contribution in [0.1, 0.15) is 12.5 Å². The van der Waals surface area contributed by atoms with Crippen molar-refractivity contribution in [3.05, 3.63) is 53.1 Å². The number of carbonyl (C=O) groups is 1. The van der Waals surface area contributed by atoms with Gasteiger partial charge in [0.25, 0.3) is 0 Å². The minimum Gasteiger partial charge on any atom is -0.330 e. The Labute approximate surface area is 187 Å². The number of thioether (sulfide) groups is 1. The number of benzene rings is 2. The van der Waals surface area contributed by atoms with Gasteiger partial charge in [-0.15, -0.1) is 10.2 Å². The summed E-state index contributed by atoms with van der Waals surface area (Å²) in [5.41, 5.74) is 2.21. The number of rotatable bonds is 7. The zero-order valence-corrected chi connectivity index (χ0v) is 19.1. The van der Waals surface area contributed by atoms with Crippen LogP contribution in [0.5, 0.6) is 0 Å². The molecule has 0 spiro atoms. The highest BCUT2D eigenvalue weighted by atomic mass is 35.5. The van der Waals surface area contributed by atoms with Gasteiger partial charge in [-0.1, -0.05) is 40.8 Å². The Kier molecular flexibility index (Phi) is 6.98. The predicted molar refractivity (Wildman–Crippen MR) is 121 cm³/mol. The number of halogens is 1. The van der Waals surface area contributed by atoms with Crippen molar-refractivity contribution in [2.75, 3.05) is 10.6 Å². The van der Waals surface area contributed by atoms with Crippen molar-refractivity contribution in [1.82, 2.24) is 10.2 Å². The average molecular weight is 484 g/mol. The molecule has 3 rings (SSSR count). The monoisotopic (exact) mass is 483 g/mol. The fourth-order valence-corrected chi connectivity index (χ4v) is 4.94. The van der Waals surface area contributed by atoms with E-state index >= 15 is 0 Å². The molecule has 3 aromatic rings. The van der Waals surface area contributed by atoms with Gasteiger partial charge in [0.05, 0.1) is 10.1 Å². The molecule has 0 fully saturated rings. The van der Waals surface area contributed by atoms with E-state index in [0.29, 0.717) is 20.2 Å². The van der Waals surface area contributed by atoms with Crippen molar-refractivity contribution in [2.45, 2.75) is 28.3 Å². The molecule has 2 aromatic carbocycles. The van der Waals surface area contributed by atoms with E-state index in [0.717, 1.165) is 11.3 Å². The average Bonchev–Trinajstić information content (AvgIpc) is 3.12. The molecule has 30 heavy (non-hydrogen) atoms. The molecular weight excluding hydrogens is 466 g/mol. The van der Waals surface area contributed by atoms with Gasteiger partial charge in [-0.3, -0.25) is 4.79 Å². The second kappa shape index (κ2) is 9.31. The molecule has 0 bridgehead atoms. The van der Waals surface area contributed by atoms with Crippen molar-refractivity contribution in [1.29, 1.82) is 0 Å². The molecule has 158 valence electrons. The van der Waals surface area contributed by atoms with Crippen LogP contribution in [0.4, 0.5) is 16.5 Å². The van der Waals surface area contributed by atoms with Crippen molar-refractivity contribution in [3.8, 4) is 0 Å². The van der Waals surface area contributed by atoms with Gasteiger partial charge in [-0.05, 0) is 55.8 Å². The van der Waals surface area contributed by atoms with Gasteiger partial charge in [-0.25, -0.2) is 13.6 Å². The Balaban J connectivity index is 1.60. The predicted octanol–water partition coefficient (Wildman–Crippen LogP) is 4.01. The molecule has 1 aromatic heterocycles. The lowest BCUT2D eigenvalue weighted by molar-refractivity contribution is -0.115. The summed E-state index contributed by atoms with van der Waals surface area (Å²) in [6.07, 6.45) is 0. The summed E-state index contributed by atoms with van der Waals surface area (Å²) in [6, 6.07) is 11.2. The van der Waals surface area contributed by atoms with Gasteiger partial charge < -0.3 is 10.6 Å². The minimum atomic E-state index is -3.77. The fourth-order valence-electron chi connectivity index (χ4n) is 2.34. The number of nitrogens with one attached hydrogen (secondary N) is 2. The number of nitrogens with zero attached hydrogens (tertiary/aromatic N) is 2. The molecule has 4 N–H and O–H groups in total. The second-order valence-corrected chi connectivity index (χ2v) is 10.8. The van der Waals surface area contributed by atoms with Crippen LogP contribution in [0.2, 0.25) is 5.02 Å². The van der Waals surface area contributed by atoms with Gasteiger partial charge >= 0.3 is 0 Å². The van der Waals surface area contributed by atoms with Crippen molar-refractivity contribution in [3.63, 3.8) is 0 Å². The molecule has 0 aliphatic rings. The summed E-state index contributed by atoms with van der Waals surface area (Å²) >= 11 is 8.72. The van der Waals surface area contributed by atoms with E-state index in [1.807, 2.05) is 25.1 Å². The van der Waals surface area contributed by atoms with E-state index in [1.54, 1.807) is 6.92 Å². The lowest BCUT2D eigenvalue weighted by atomic mass is 10.2. The number of sulfonamides is 1. The zero-order chi connectivity index (χ0) is 21.9. The van der Waals surface area contributed by atoms with Crippen LogP contribution in [-0.2, 0) is 14.8 Å². The molecule has 0 aliphatic heterocycles. The Morgan fingerprint density at radius 2 is 1.90 bits per heavy atom. The van der Waals surface area contributed by atoms with Crippen molar-refractivity contribution >= 4 is 67.1 Å². The Morgan fingerprint density at radius 3 is 2.57 bits per heavy atom. The quantitative estimate of drug-likeness (QED) is 0.433. The van der Waals surface area contributed by atoms with Gasteiger partial charge in [0.1, 0.15) is 0 Å². The second-order valence-electron chi connectivity index (χ2n) is 6.23. The van der Waals surface area contributed by atoms with Crippen LogP contribution in [0.25, 0.3) is 0 Å². The normalized spacial score (nSPS) is 12.4. The van der Waals surface area contributed by atoms with E-state index in [-0.39, 0.29) is 10.8 Å². The van der Waals surface area contributed by atoms with Crippen LogP contribution in [0, 0.1) is 6.92 Å². The number of hydrogen-bond acceptors (Lipinski definition) is 8. The number of aromatic nitrogens is 2. The van der Waals surface area contributed by atoms with Crippen LogP contribution in [0.3, 0.4) is 0 Å². The highest BCUT2D eigenvalue weighted by molar-refractivity contribution is 8.02. The maximum absolute atomic E-state index is 12.4. The van der Waals surface area contributed by atoms with E-state index in [9.17, 15) is 13.2 Å². The molecule has 1 atom stereocenters. The number of hydrogen-bond donors (Lipinski definition) is 3. The summed E-state index contributed by atoms with van der Waals surface area (Å²) < 4.78 is 23.2. The molecule has 0 saturated heterocycles.